The Morgan fingerprint density at radius 1 is 0.731 bits per heavy atom. The Kier molecular flexibility index (Phi) is 4.09. The Morgan fingerprint density at radius 3 is 2.00 bits per heavy atom. The van der Waals surface area contributed by atoms with Gasteiger partial charge in [-0.25, -0.2) is 8.42 Å². The van der Waals surface area contributed by atoms with Crippen LogP contribution in [-0.4, -0.2) is 19.5 Å². The van der Waals surface area contributed by atoms with Gasteiger partial charge in [0.1, 0.15) is 11.9 Å². The van der Waals surface area contributed by atoms with Gasteiger partial charge in [-0.05, 0) is 29.8 Å². The predicted octanol–water partition coefficient (Wildman–Crippen LogP) is 3.85. The van der Waals surface area contributed by atoms with Crippen LogP contribution in [0.2, 0.25) is 0 Å². The first-order chi connectivity index (χ1) is 12.6. The van der Waals surface area contributed by atoms with Gasteiger partial charge >= 0.3 is 0 Å². The quantitative estimate of drug-likeness (QED) is 0.708. The van der Waals surface area contributed by atoms with E-state index in [9.17, 15) is 13.2 Å². The Bertz CT molecular complexity index is 1040. The minimum atomic E-state index is -3.93. The third-order valence-electron chi connectivity index (χ3n) is 4.47. The zero-order chi connectivity index (χ0) is 18.1. The second kappa shape index (κ2) is 6.42. The summed E-state index contributed by atoms with van der Waals surface area (Å²) in [5, 5.41) is -1.33. The lowest BCUT2D eigenvalue weighted by molar-refractivity contribution is 0.0859. The summed E-state index contributed by atoms with van der Waals surface area (Å²) in [6, 6.07) is 23.8. The number of sulfone groups is 1. The first-order valence-corrected chi connectivity index (χ1v) is 9.77. The first kappa shape index (κ1) is 16.5. The lowest BCUT2D eigenvalue weighted by Crippen LogP contribution is -2.42. The fourth-order valence-electron chi connectivity index (χ4n) is 3.21. The van der Waals surface area contributed by atoms with Gasteiger partial charge in [0.2, 0.25) is 0 Å². The Labute approximate surface area is 152 Å². The minimum Gasteiger partial charge on any atom is -0.483 e. The van der Waals surface area contributed by atoms with Crippen molar-refractivity contribution in [2.24, 2.45) is 0 Å². The predicted molar refractivity (Wildman–Crippen MR) is 98.0 cm³/mol. The van der Waals surface area contributed by atoms with Crippen molar-refractivity contribution in [2.75, 3.05) is 0 Å². The van der Waals surface area contributed by atoms with Gasteiger partial charge in [0.25, 0.3) is 0 Å². The third-order valence-corrected chi connectivity index (χ3v) is 6.53. The van der Waals surface area contributed by atoms with Crippen molar-refractivity contribution in [1.82, 2.24) is 0 Å². The summed E-state index contributed by atoms with van der Waals surface area (Å²) >= 11 is 0. The number of benzene rings is 3. The molecule has 0 aliphatic carbocycles. The number of ether oxygens (including phenoxy) is 1. The van der Waals surface area contributed by atoms with Gasteiger partial charge in [0.15, 0.2) is 20.9 Å². The number of Topliss-reactive ketones (excluding diaryl/α,β-unsaturated/α-hetero) is 1. The van der Waals surface area contributed by atoms with Crippen molar-refractivity contribution >= 4 is 15.6 Å². The van der Waals surface area contributed by atoms with Crippen molar-refractivity contribution in [3.05, 3.63) is 96.1 Å². The van der Waals surface area contributed by atoms with E-state index in [1.54, 1.807) is 66.7 Å². The molecule has 0 N–H and O–H groups in total. The molecule has 0 spiro atoms. The zero-order valence-electron chi connectivity index (χ0n) is 13.8. The SMILES string of the molecule is O=C1c2ccccc2O[C@@H](c2ccccc2)[C@H]1S(=O)(=O)c1ccccc1. The lowest BCUT2D eigenvalue weighted by Gasteiger charge is -2.32. The Hall–Kier alpha value is -2.92. The van der Waals surface area contributed by atoms with Crippen molar-refractivity contribution in [3.63, 3.8) is 0 Å². The van der Waals surface area contributed by atoms with Crippen molar-refractivity contribution in [2.45, 2.75) is 16.2 Å². The van der Waals surface area contributed by atoms with Crippen LogP contribution in [0.3, 0.4) is 0 Å². The molecule has 0 saturated carbocycles. The molecule has 1 aliphatic rings. The molecule has 0 radical (unpaired) electrons. The summed E-state index contributed by atoms with van der Waals surface area (Å²) in [6.45, 7) is 0. The molecule has 0 fully saturated rings. The maximum absolute atomic E-state index is 13.3. The molecule has 4 nitrogen and oxygen atoms in total. The number of ketones is 1. The van der Waals surface area contributed by atoms with Crippen LogP contribution in [0.4, 0.5) is 0 Å². The number of fused-ring (bicyclic) bond motifs is 1. The summed E-state index contributed by atoms with van der Waals surface area (Å²) in [5.74, 6) is -0.0320. The van der Waals surface area contributed by atoms with Crippen LogP contribution in [0.1, 0.15) is 22.0 Å². The van der Waals surface area contributed by atoms with Crippen molar-refractivity contribution in [3.8, 4) is 5.75 Å². The van der Waals surface area contributed by atoms with E-state index in [2.05, 4.69) is 0 Å². The number of hydrogen-bond acceptors (Lipinski definition) is 4. The Morgan fingerprint density at radius 2 is 1.31 bits per heavy atom. The molecule has 4 rings (SSSR count). The average molecular weight is 364 g/mol. The van der Waals surface area contributed by atoms with E-state index >= 15 is 0 Å². The largest absolute Gasteiger partial charge is 0.483 e. The van der Waals surface area contributed by atoms with Gasteiger partial charge in [-0.1, -0.05) is 60.7 Å². The smallest absolute Gasteiger partial charge is 0.192 e. The maximum atomic E-state index is 13.3. The van der Waals surface area contributed by atoms with Crippen molar-refractivity contribution < 1.29 is 17.9 Å². The highest BCUT2D eigenvalue weighted by atomic mass is 32.2. The zero-order valence-corrected chi connectivity index (χ0v) is 14.6. The van der Waals surface area contributed by atoms with E-state index in [1.165, 1.54) is 12.1 Å². The second-order valence-electron chi connectivity index (χ2n) is 6.09. The van der Waals surface area contributed by atoms with E-state index in [4.69, 9.17) is 4.74 Å². The molecule has 26 heavy (non-hydrogen) atoms. The molecular weight excluding hydrogens is 348 g/mol. The standard InChI is InChI=1S/C21H16O4S/c22-19-17-13-7-8-14-18(17)25-20(15-9-3-1-4-10-15)21(19)26(23,24)16-11-5-2-6-12-16/h1-14,20-21H/t20-,21-/m0/s1. The van der Waals surface area contributed by atoms with Gasteiger partial charge in [0, 0.05) is 0 Å². The van der Waals surface area contributed by atoms with E-state index in [-0.39, 0.29) is 4.90 Å². The molecule has 3 aromatic rings. The van der Waals surface area contributed by atoms with Crippen LogP contribution >= 0.6 is 0 Å². The first-order valence-electron chi connectivity index (χ1n) is 8.23. The monoisotopic (exact) mass is 364 g/mol. The topological polar surface area (TPSA) is 60.4 Å². The molecule has 0 bridgehead atoms. The molecule has 1 aliphatic heterocycles. The Balaban J connectivity index is 1.90. The van der Waals surface area contributed by atoms with E-state index in [1.807, 2.05) is 6.07 Å². The molecule has 0 saturated heterocycles. The normalized spacial score (nSPS) is 19.5. The van der Waals surface area contributed by atoms with Gasteiger partial charge in [-0.2, -0.15) is 0 Å². The number of carbonyl (C=O) groups is 1. The molecule has 0 amide bonds. The minimum absolute atomic E-state index is 0.113. The fraction of sp³-hybridized carbons (Fsp3) is 0.0952. The lowest BCUT2D eigenvalue weighted by atomic mass is 9.96. The molecule has 0 unspecified atom stereocenters. The van der Waals surface area contributed by atoms with E-state index < -0.39 is 27.0 Å². The number of carbonyl (C=O) groups excluding carboxylic acids is 1. The third kappa shape index (κ3) is 2.70. The maximum Gasteiger partial charge on any atom is 0.192 e. The van der Waals surface area contributed by atoms with Gasteiger partial charge < -0.3 is 4.74 Å². The van der Waals surface area contributed by atoms with Gasteiger partial charge in [-0.3, -0.25) is 4.79 Å². The molecule has 1 heterocycles. The van der Waals surface area contributed by atoms with E-state index in [0.29, 0.717) is 16.9 Å². The van der Waals surface area contributed by atoms with Gasteiger partial charge in [0.05, 0.1) is 10.5 Å². The molecule has 5 heteroatoms. The van der Waals surface area contributed by atoms with Crippen LogP contribution in [0.25, 0.3) is 0 Å². The second-order valence-corrected chi connectivity index (χ2v) is 8.16. The molecule has 2 atom stereocenters. The summed E-state index contributed by atoms with van der Waals surface area (Å²) in [6.07, 6.45) is -0.899. The number of rotatable bonds is 3. The van der Waals surface area contributed by atoms with Crippen LogP contribution in [0.15, 0.2) is 89.8 Å². The highest BCUT2D eigenvalue weighted by molar-refractivity contribution is 7.93. The van der Waals surface area contributed by atoms with Crippen LogP contribution in [0.5, 0.6) is 5.75 Å². The van der Waals surface area contributed by atoms with Crippen LogP contribution in [-0.2, 0) is 9.84 Å². The molecule has 3 aromatic carbocycles. The summed E-state index contributed by atoms with van der Waals surface area (Å²) in [5.41, 5.74) is 0.948. The number of hydrogen-bond donors (Lipinski definition) is 0. The summed E-state index contributed by atoms with van der Waals surface area (Å²) in [4.78, 5) is 13.3. The van der Waals surface area contributed by atoms with Crippen LogP contribution in [0, 0.1) is 0 Å². The van der Waals surface area contributed by atoms with Gasteiger partial charge in [-0.15, -0.1) is 0 Å². The van der Waals surface area contributed by atoms with E-state index in [0.717, 1.165) is 0 Å². The average Bonchev–Trinajstić information content (AvgIpc) is 2.69. The molecule has 0 aromatic heterocycles. The summed E-state index contributed by atoms with van der Waals surface area (Å²) in [7, 11) is -3.93. The fourth-order valence-corrected chi connectivity index (χ4v) is 4.98. The highest BCUT2D eigenvalue weighted by Crippen LogP contribution is 2.39. The summed E-state index contributed by atoms with van der Waals surface area (Å²) < 4.78 is 32.6. The molecular formula is C21H16O4S. The van der Waals surface area contributed by atoms with Crippen LogP contribution < -0.4 is 4.74 Å². The molecule has 130 valence electrons. The highest BCUT2D eigenvalue weighted by Gasteiger charge is 2.47. The number of para-hydroxylation sites is 1. The van der Waals surface area contributed by atoms with Crippen molar-refractivity contribution in [1.29, 1.82) is 0 Å².